The molecule has 140 valence electrons. The van der Waals surface area contributed by atoms with Crippen molar-refractivity contribution in [3.8, 4) is 5.75 Å². The maximum Gasteiger partial charge on any atom is 0.319 e. The predicted molar refractivity (Wildman–Crippen MR) is 93.4 cm³/mol. The van der Waals surface area contributed by atoms with Gasteiger partial charge in [-0.05, 0) is 18.2 Å². The number of carbonyl (C=O) groups excluding carboxylic acids is 2. The number of rotatable bonds is 9. The van der Waals surface area contributed by atoms with Gasteiger partial charge in [-0.25, -0.2) is 17.9 Å². The van der Waals surface area contributed by atoms with Crippen molar-refractivity contribution in [3.63, 3.8) is 0 Å². The Kier molecular flexibility index (Phi) is 8.11. The number of sulfonamides is 1. The lowest BCUT2D eigenvalue weighted by Gasteiger charge is -2.13. The molecule has 11 heteroatoms. The van der Waals surface area contributed by atoms with Gasteiger partial charge in [-0.2, -0.15) is 0 Å². The molecule has 0 fully saturated rings. The monoisotopic (exact) mass is 374 g/mol. The lowest BCUT2D eigenvalue weighted by Crippen LogP contribution is -2.36. The predicted octanol–water partition coefficient (Wildman–Crippen LogP) is -0.0492. The maximum atomic E-state index is 11.8. The molecule has 3 amide bonds. The third kappa shape index (κ3) is 8.33. The number of amides is 3. The second kappa shape index (κ2) is 9.81. The van der Waals surface area contributed by atoms with Crippen molar-refractivity contribution in [2.45, 2.75) is 0 Å². The van der Waals surface area contributed by atoms with Crippen molar-refractivity contribution >= 4 is 33.3 Å². The van der Waals surface area contributed by atoms with Crippen LogP contribution in [0.5, 0.6) is 5.75 Å². The summed E-state index contributed by atoms with van der Waals surface area (Å²) in [5, 5.41) is 7.68. The molecule has 1 aromatic carbocycles. The summed E-state index contributed by atoms with van der Waals surface area (Å²) in [5.74, 6) is 0.0574. The van der Waals surface area contributed by atoms with Crippen LogP contribution in [0.2, 0.25) is 0 Å². The molecule has 1 rings (SSSR count). The van der Waals surface area contributed by atoms with Crippen LogP contribution in [0.4, 0.5) is 16.2 Å². The van der Waals surface area contributed by atoms with E-state index in [1.54, 1.807) is 12.1 Å². The topological polar surface area (TPSA) is 135 Å². The number of carbonyl (C=O) groups is 2. The van der Waals surface area contributed by atoms with Gasteiger partial charge >= 0.3 is 6.03 Å². The second-order valence-corrected chi connectivity index (χ2v) is 6.78. The molecule has 0 heterocycles. The minimum absolute atomic E-state index is 0.0766. The van der Waals surface area contributed by atoms with Crippen LogP contribution < -0.4 is 25.4 Å². The summed E-state index contributed by atoms with van der Waals surface area (Å²) in [4.78, 5) is 23.4. The molecular formula is C14H22N4O6S. The molecule has 0 aliphatic heterocycles. The van der Waals surface area contributed by atoms with E-state index in [2.05, 4.69) is 20.7 Å². The highest BCUT2D eigenvalue weighted by atomic mass is 32.2. The Morgan fingerprint density at radius 3 is 2.44 bits per heavy atom. The van der Waals surface area contributed by atoms with Crippen molar-refractivity contribution in [3.05, 3.63) is 18.2 Å². The number of hydrogen-bond acceptors (Lipinski definition) is 6. The Morgan fingerprint density at radius 1 is 1.12 bits per heavy atom. The smallest absolute Gasteiger partial charge is 0.319 e. The highest BCUT2D eigenvalue weighted by Gasteiger charge is 2.10. The second-order valence-electron chi connectivity index (χ2n) is 4.94. The molecule has 0 aliphatic rings. The fourth-order valence-corrected chi connectivity index (χ4v) is 2.26. The van der Waals surface area contributed by atoms with Crippen molar-refractivity contribution in [2.24, 2.45) is 0 Å². The van der Waals surface area contributed by atoms with Crippen LogP contribution in [0, 0.1) is 0 Å². The molecule has 0 unspecified atom stereocenters. The van der Waals surface area contributed by atoms with Gasteiger partial charge in [0.1, 0.15) is 12.4 Å². The Hall–Kier alpha value is -2.37. The Morgan fingerprint density at radius 2 is 1.84 bits per heavy atom. The largest absolute Gasteiger partial charge is 0.495 e. The van der Waals surface area contributed by atoms with E-state index in [-0.39, 0.29) is 25.6 Å². The van der Waals surface area contributed by atoms with E-state index >= 15 is 0 Å². The van der Waals surface area contributed by atoms with Crippen molar-refractivity contribution in [1.29, 1.82) is 0 Å². The van der Waals surface area contributed by atoms with Crippen LogP contribution in [0.1, 0.15) is 0 Å². The van der Waals surface area contributed by atoms with Crippen LogP contribution in [-0.2, 0) is 19.6 Å². The number of ether oxygens (including phenoxy) is 2. The third-order valence-electron chi connectivity index (χ3n) is 2.78. The molecule has 1 aromatic rings. The summed E-state index contributed by atoms with van der Waals surface area (Å²) in [6.07, 6.45) is 1.03. The van der Waals surface area contributed by atoms with E-state index in [0.29, 0.717) is 17.1 Å². The normalized spacial score (nSPS) is 10.8. The van der Waals surface area contributed by atoms with E-state index in [1.807, 2.05) is 0 Å². The molecule has 0 atom stereocenters. The first-order chi connectivity index (χ1) is 11.7. The molecule has 4 N–H and O–H groups in total. The number of benzene rings is 1. The van der Waals surface area contributed by atoms with Crippen molar-refractivity contribution in [1.82, 2.24) is 10.0 Å². The quantitative estimate of drug-likeness (QED) is 0.448. The zero-order valence-electron chi connectivity index (χ0n) is 14.2. The van der Waals surface area contributed by atoms with Gasteiger partial charge in [0.05, 0.1) is 19.1 Å². The van der Waals surface area contributed by atoms with Crippen molar-refractivity contribution in [2.75, 3.05) is 50.8 Å². The zero-order valence-corrected chi connectivity index (χ0v) is 15.0. The number of nitrogens with one attached hydrogen (secondary N) is 4. The SMILES string of the molecule is COCC(=O)Nc1cc(NC(=O)NCCNS(C)(=O)=O)ccc1OC. The van der Waals surface area contributed by atoms with E-state index in [9.17, 15) is 18.0 Å². The standard InChI is InChI=1S/C14H22N4O6S/c1-23-9-13(19)18-11-8-10(4-5-12(11)24-2)17-14(20)15-6-7-16-25(3,21)22/h4-5,8,16H,6-7,9H2,1-3H3,(H,18,19)(H2,15,17,20). The van der Waals surface area contributed by atoms with Gasteiger partial charge in [0, 0.05) is 25.9 Å². The minimum atomic E-state index is -3.30. The van der Waals surface area contributed by atoms with E-state index in [1.165, 1.54) is 20.3 Å². The van der Waals surface area contributed by atoms with Crippen molar-refractivity contribution < 1.29 is 27.5 Å². The molecule has 0 spiro atoms. The summed E-state index contributed by atoms with van der Waals surface area (Å²) in [6.45, 7) is 0.0777. The minimum Gasteiger partial charge on any atom is -0.495 e. The van der Waals surface area contributed by atoms with E-state index in [0.717, 1.165) is 6.26 Å². The highest BCUT2D eigenvalue weighted by Crippen LogP contribution is 2.27. The highest BCUT2D eigenvalue weighted by molar-refractivity contribution is 7.88. The summed E-state index contributed by atoms with van der Waals surface area (Å²) in [6, 6.07) is 4.19. The molecule has 0 saturated heterocycles. The van der Waals surface area contributed by atoms with Gasteiger partial charge in [0.2, 0.25) is 15.9 Å². The Balaban J connectivity index is 2.63. The molecule has 0 bridgehead atoms. The lowest BCUT2D eigenvalue weighted by atomic mass is 10.2. The van der Waals surface area contributed by atoms with E-state index in [4.69, 9.17) is 9.47 Å². The summed E-state index contributed by atoms with van der Waals surface area (Å²) in [5.41, 5.74) is 0.795. The van der Waals surface area contributed by atoms with Gasteiger partial charge in [-0.1, -0.05) is 0 Å². The van der Waals surface area contributed by atoms with Crippen LogP contribution in [0.15, 0.2) is 18.2 Å². The maximum absolute atomic E-state index is 11.8. The van der Waals surface area contributed by atoms with Gasteiger partial charge in [-0.3, -0.25) is 4.79 Å². The Labute approximate surface area is 146 Å². The molecule has 0 aromatic heterocycles. The van der Waals surface area contributed by atoms with Gasteiger partial charge in [-0.15, -0.1) is 0 Å². The number of hydrogen-bond donors (Lipinski definition) is 4. The average molecular weight is 374 g/mol. The fourth-order valence-electron chi connectivity index (χ4n) is 1.79. The first-order valence-corrected chi connectivity index (χ1v) is 9.10. The fraction of sp³-hybridized carbons (Fsp3) is 0.429. The van der Waals surface area contributed by atoms with Gasteiger partial charge < -0.3 is 25.4 Å². The zero-order chi connectivity index (χ0) is 18.9. The van der Waals surface area contributed by atoms with Crippen LogP contribution in [0.3, 0.4) is 0 Å². The first kappa shape index (κ1) is 20.7. The Bertz CT molecular complexity index is 707. The number of methoxy groups -OCH3 is 2. The summed E-state index contributed by atoms with van der Waals surface area (Å²) < 4.78 is 34.0. The van der Waals surface area contributed by atoms with Gasteiger partial charge in [0.25, 0.3) is 0 Å². The first-order valence-electron chi connectivity index (χ1n) is 7.21. The molecule has 0 radical (unpaired) electrons. The van der Waals surface area contributed by atoms with Crippen LogP contribution >= 0.6 is 0 Å². The molecule has 10 nitrogen and oxygen atoms in total. The van der Waals surface area contributed by atoms with E-state index < -0.39 is 16.1 Å². The third-order valence-corrected chi connectivity index (χ3v) is 3.51. The number of anilines is 2. The summed E-state index contributed by atoms with van der Waals surface area (Å²) in [7, 11) is -0.442. The molecule has 0 saturated carbocycles. The molecule has 25 heavy (non-hydrogen) atoms. The number of urea groups is 1. The van der Waals surface area contributed by atoms with Crippen LogP contribution in [0.25, 0.3) is 0 Å². The summed E-state index contributed by atoms with van der Waals surface area (Å²) >= 11 is 0. The lowest BCUT2D eigenvalue weighted by molar-refractivity contribution is -0.119. The van der Waals surface area contributed by atoms with Gasteiger partial charge in [0.15, 0.2) is 0 Å². The molecular weight excluding hydrogens is 352 g/mol. The van der Waals surface area contributed by atoms with Crippen LogP contribution in [-0.4, -0.2) is 60.5 Å². The molecule has 0 aliphatic carbocycles. The average Bonchev–Trinajstić information content (AvgIpc) is 2.51.